The van der Waals surface area contributed by atoms with E-state index in [1.54, 1.807) is 7.11 Å². The molecular formula is C15H16O2. The van der Waals surface area contributed by atoms with Crippen molar-refractivity contribution in [3.05, 3.63) is 54.6 Å². The molecule has 0 radical (unpaired) electrons. The Bertz CT molecular complexity index is 434. The Morgan fingerprint density at radius 3 is 2.06 bits per heavy atom. The molecule has 0 saturated carbocycles. The smallest absolute Gasteiger partial charge is 0.119 e. The van der Waals surface area contributed by atoms with Crippen LogP contribution in [0.15, 0.2) is 54.6 Å². The molecule has 0 aliphatic carbocycles. The quantitative estimate of drug-likeness (QED) is 0.730. The lowest BCUT2D eigenvalue weighted by molar-refractivity contribution is 0.146. The van der Waals surface area contributed by atoms with Crippen LogP contribution in [0.25, 0.3) is 11.1 Å². The normalized spacial score (nSPS) is 10.2. The maximum Gasteiger partial charge on any atom is 0.119 e. The molecule has 0 atom stereocenters. The lowest BCUT2D eigenvalue weighted by Gasteiger charge is -2.06. The van der Waals surface area contributed by atoms with Gasteiger partial charge in [0.1, 0.15) is 12.4 Å². The van der Waals surface area contributed by atoms with E-state index >= 15 is 0 Å². The molecule has 0 amide bonds. The third-order valence-electron chi connectivity index (χ3n) is 2.52. The second kappa shape index (κ2) is 6.06. The molecule has 0 unspecified atom stereocenters. The zero-order chi connectivity index (χ0) is 11.9. The molecule has 2 aromatic carbocycles. The van der Waals surface area contributed by atoms with Gasteiger partial charge in [-0.3, -0.25) is 0 Å². The van der Waals surface area contributed by atoms with Crippen LogP contribution in [0, 0.1) is 0 Å². The van der Waals surface area contributed by atoms with E-state index in [2.05, 4.69) is 24.3 Å². The predicted octanol–water partition coefficient (Wildman–Crippen LogP) is 3.38. The molecule has 2 nitrogen and oxygen atoms in total. The van der Waals surface area contributed by atoms with Gasteiger partial charge in [-0.25, -0.2) is 0 Å². The molecule has 0 heterocycles. The molecule has 88 valence electrons. The van der Waals surface area contributed by atoms with Gasteiger partial charge in [0, 0.05) is 7.11 Å². The molecule has 0 aromatic heterocycles. The molecule has 0 aliphatic heterocycles. The summed E-state index contributed by atoms with van der Waals surface area (Å²) in [6.07, 6.45) is 0. The van der Waals surface area contributed by atoms with Crippen molar-refractivity contribution in [1.82, 2.24) is 0 Å². The number of methoxy groups -OCH3 is 1. The Labute approximate surface area is 102 Å². The van der Waals surface area contributed by atoms with E-state index in [1.807, 2.05) is 30.3 Å². The molecule has 2 aromatic rings. The Kier molecular flexibility index (Phi) is 4.17. The van der Waals surface area contributed by atoms with Crippen molar-refractivity contribution in [3.63, 3.8) is 0 Å². The van der Waals surface area contributed by atoms with Crippen molar-refractivity contribution < 1.29 is 9.47 Å². The van der Waals surface area contributed by atoms with E-state index < -0.39 is 0 Å². The highest BCUT2D eigenvalue weighted by Gasteiger charge is 1.97. The summed E-state index contributed by atoms with van der Waals surface area (Å²) < 4.78 is 10.4. The van der Waals surface area contributed by atoms with Crippen LogP contribution < -0.4 is 4.74 Å². The fourth-order valence-corrected chi connectivity index (χ4v) is 1.62. The molecule has 0 N–H and O–H groups in total. The maximum absolute atomic E-state index is 5.51. The summed E-state index contributed by atoms with van der Waals surface area (Å²) in [5, 5.41) is 0. The van der Waals surface area contributed by atoms with Crippen LogP contribution in [0.3, 0.4) is 0 Å². The third-order valence-corrected chi connectivity index (χ3v) is 2.52. The van der Waals surface area contributed by atoms with Crippen LogP contribution >= 0.6 is 0 Å². The largest absolute Gasteiger partial charge is 0.491 e. The minimum atomic E-state index is 0.585. The van der Waals surface area contributed by atoms with Crippen LogP contribution in [0.1, 0.15) is 0 Å². The van der Waals surface area contributed by atoms with Crippen molar-refractivity contribution in [3.8, 4) is 16.9 Å². The van der Waals surface area contributed by atoms with Gasteiger partial charge in [0.15, 0.2) is 0 Å². The van der Waals surface area contributed by atoms with Gasteiger partial charge in [-0.05, 0) is 23.3 Å². The molecule has 17 heavy (non-hydrogen) atoms. The summed E-state index contributed by atoms with van der Waals surface area (Å²) in [5.41, 5.74) is 2.42. The number of hydrogen-bond acceptors (Lipinski definition) is 2. The first-order valence-corrected chi connectivity index (χ1v) is 5.67. The molecule has 0 aliphatic rings. The summed E-state index contributed by atoms with van der Waals surface area (Å²) in [5.74, 6) is 0.877. The van der Waals surface area contributed by atoms with Crippen LogP contribution in [-0.4, -0.2) is 20.3 Å². The summed E-state index contributed by atoms with van der Waals surface area (Å²) >= 11 is 0. The molecular weight excluding hydrogens is 212 g/mol. The van der Waals surface area contributed by atoms with E-state index in [0.717, 1.165) is 5.75 Å². The van der Waals surface area contributed by atoms with Gasteiger partial charge >= 0.3 is 0 Å². The standard InChI is InChI=1S/C15H16O2/c1-16-11-12-17-15-9-7-14(8-10-15)13-5-3-2-4-6-13/h2-10H,11-12H2,1H3. The van der Waals surface area contributed by atoms with E-state index in [9.17, 15) is 0 Å². The van der Waals surface area contributed by atoms with Gasteiger partial charge in [0.25, 0.3) is 0 Å². The lowest BCUT2D eigenvalue weighted by atomic mass is 10.1. The predicted molar refractivity (Wildman–Crippen MR) is 69.2 cm³/mol. The zero-order valence-electron chi connectivity index (χ0n) is 9.93. The molecule has 2 rings (SSSR count). The van der Waals surface area contributed by atoms with Crippen LogP contribution in [0.4, 0.5) is 0 Å². The molecule has 0 spiro atoms. The van der Waals surface area contributed by atoms with E-state index in [0.29, 0.717) is 13.2 Å². The SMILES string of the molecule is COCCOc1ccc(-c2ccccc2)cc1. The van der Waals surface area contributed by atoms with Crippen molar-refractivity contribution in [2.45, 2.75) is 0 Å². The Hall–Kier alpha value is -1.80. The van der Waals surface area contributed by atoms with Gasteiger partial charge in [-0.1, -0.05) is 42.5 Å². The minimum Gasteiger partial charge on any atom is -0.491 e. The lowest BCUT2D eigenvalue weighted by Crippen LogP contribution is -2.03. The minimum absolute atomic E-state index is 0.585. The summed E-state index contributed by atoms with van der Waals surface area (Å²) in [6, 6.07) is 18.4. The molecule has 2 heteroatoms. The zero-order valence-corrected chi connectivity index (χ0v) is 9.93. The first-order valence-electron chi connectivity index (χ1n) is 5.67. The molecule has 0 saturated heterocycles. The second-order valence-corrected chi connectivity index (χ2v) is 3.73. The van der Waals surface area contributed by atoms with E-state index in [-0.39, 0.29) is 0 Å². The van der Waals surface area contributed by atoms with Crippen LogP contribution in [-0.2, 0) is 4.74 Å². The summed E-state index contributed by atoms with van der Waals surface area (Å²) in [7, 11) is 1.67. The number of hydrogen-bond donors (Lipinski definition) is 0. The first-order chi connectivity index (χ1) is 8.40. The Balaban J connectivity index is 2.03. The van der Waals surface area contributed by atoms with Gasteiger partial charge < -0.3 is 9.47 Å². The number of rotatable bonds is 5. The fraction of sp³-hybridized carbons (Fsp3) is 0.200. The third kappa shape index (κ3) is 3.33. The second-order valence-electron chi connectivity index (χ2n) is 3.73. The van der Waals surface area contributed by atoms with E-state index in [1.165, 1.54) is 11.1 Å². The van der Waals surface area contributed by atoms with Gasteiger partial charge in [0.2, 0.25) is 0 Å². The first kappa shape index (κ1) is 11.7. The molecule has 0 bridgehead atoms. The van der Waals surface area contributed by atoms with Gasteiger partial charge in [-0.2, -0.15) is 0 Å². The highest BCUT2D eigenvalue weighted by molar-refractivity contribution is 5.63. The van der Waals surface area contributed by atoms with Crippen LogP contribution in [0.5, 0.6) is 5.75 Å². The summed E-state index contributed by atoms with van der Waals surface area (Å²) in [4.78, 5) is 0. The number of ether oxygens (including phenoxy) is 2. The van der Waals surface area contributed by atoms with Crippen molar-refractivity contribution in [2.75, 3.05) is 20.3 Å². The fourth-order valence-electron chi connectivity index (χ4n) is 1.62. The summed E-state index contributed by atoms with van der Waals surface area (Å²) in [6.45, 7) is 1.20. The average molecular weight is 228 g/mol. The Morgan fingerprint density at radius 2 is 1.41 bits per heavy atom. The van der Waals surface area contributed by atoms with Gasteiger partial charge in [0.05, 0.1) is 6.61 Å². The van der Waals surface area contributed by atoms with Crippen LogP contribution in [0.2, 0.25) is 0 Å². The van der Waals surface area contributed by atoms with Crippen molar-refractivity contribution >= 4 is 0 Å². The monoisotopic (exact) mass is 228 g/mol. The highest BCUT2D eigenvalue weighted by atomic mass is 16.5. The maximum atomic E-state index is 5.51. The van der Waals surface area contributed by atoms with Crippen molar-refractivity contribution in [1.29, 1.82) is 0 Å². The molecule has 0 fully saturated rings. The topological polar surface area (TPSA) is 18.5 Å². The number of benzene rings is 2. The Morgan fingerprint density at radius 1 is 0.765 bits per heavy atom. The van der Waals surface area contributed by atoms with E-state index in [4.69, 9.17) is 9.47 Å². The highest BCUT2D eigenvalue weighted by Crippen LogP contribution is 2.21. The van der Waals surface area contributed by atoms with Gasteiger partial charge in [-0.15, -0.1) is 0 Å². The van der Waals surface area contributed by atoms with Crippen molar-refractivity contribution in [2.24, 2.45) is 0 Å². The average Bonchev–Trinajstić information content (AvgIpc) is 2.41.